The van der Waals surface area contributed by atoms with Crippen LogP contribution in [0, 0.1) is 5.82 Å². The Labute approximate surface area is 169 Å². The van der Waals surface area contributed by atoms with E-state index in [-0.39, 0.29) is 24.3 Å². The lowest BCUT2D eigenvalue weighted by Gasteiger charge is -2.28. The van der Waals surface area contributed by atoms with Crippen LogP contribution in [-0.4, -0.2) is 28.2 Å². The van der Waals surface area contributed by atoms with Gasteiger partial charge >= 0.3 is 0 Å². The molecule has 0 aliphatic heterocycles. The minimum absolute atomic E-state index is 0.214. The van der Waals surface area contributed by atoms with Crippen LogP contribution in [0.15, 0.2) is 79.1 Å². The molecule has 29 heavy (non-hydrogen) atoms. The number of carbonyl (C=O) groups is 2. The van der Waals surface area contributed by atoms with Gasteiger partial charge in [0.1, 0.15) is 12.4 Å². The Morgan fingerprint density at radius 2 is 1.72 bits per heavy atom. The zero-order chi connectivity index (χ0) is 20.6. The highest BCUT2D eigenvalue weighted by Gasteiger charge is 2.33. The molecular weight excluding hydrogens is 369 g/mol. The average Bonchev–Trinajstić information content (AvgIpc) is 3.19. The Kier molecular flexibility index (Phi) is 6.68. The van der Waals surface area contributed by atoms with Crippen LogP contribution in [0.3, 0.4) is 0 Å². The summed E-state index contributed by atoms with van der Waals surface area (Å²) in [6.07, 6.45) is 4.10. The molecule has 1 aliphatic rings. The highest BCUT2D eigenvalue weighted by Crippen LogP contribution is 2.37. The quantitative estimate of drug-likeness (QED) is 0.739. The Hall–Kier alpha value is -3.54. The molecule has 4 rings (SSSR count). The summed E-state index contributed by atoms with van der Waals surface area (Å²) in [5, 5.41) is 0. The monoisotopic (exact) mass is 391 g/mol. The van der Waals surface area contributed by atoms with Gasteiger partial charge in [-0.3, -0.25) is 14.6 Å². The van der Waals surface area contributed by atoms with Gasteiger partial charge < -0.3 is 10.6 Å². The predicted molar refractivity (Wildman–Crippen MR) is 108 cm³/mol. The van der Waals surface area contributed by atoms with Gasteiger partial charge in [-0.15, -0.1) is 0 Å². The van der Waals surface area contributed by atoms with Crippen LogP contribution >= 0.6 is 0 Å². The molecule has 5 nitrogen and oxygen atoms in total. The number of benzene rings is 2. The minimum atomic E-state index is -0.605. The van der Waals surface area contributed by atoms with Gasteiger partial charge in [-0.2, -0.15) is 0 Å². The molecule has 0 spiro atoms. The van der Waals surface area contributed by atoms with E-state index < -0.39 is 5.91 Å². The van der Waals surface area contributed by atoms with E-state index in [1.807, 2.05) is 36.4 Å². The largest absolute Gasteiger partial charge is 0.368 e. The minimum Gasteiger partial charge on any atom is -0.368 e. The molecule has 2 N–H and O–H groups in total. The molecule has 3 aromatic rings. The van der Waals surface area contributed by atoms with Crippen LogP contribution in [0.2, 0.25) is 0 Å². The van der Waals surface area contributed by atoms with Crippen molar-refractivity contribution in [3.63, 3.8) is 0 Å². The number of hydrogen-bond acceptors (Lipinski definition) is 3. The smallest absolute Gasteiger partial charge is 0.256 e. The van der Waals surface area contributed by atoms with Gasteiger partial charge in [0.2, 0.25) is 5.91 Å². The molecule has 0 fully saturated rings. The van der Waals surface area contributed by atoms with E-state index in [1.165, 1.54) is 17.2 Å². The van der Waals surface area contributed by atoms with Crippen molar-refractivity contribution in [3.8, 4) is 0 Å². The summed E-state index contributed by atoms with van der Waals surface area (Å²) in [5.74, 6) is -1.22. The van der Waals surface area contributed by atoms with Crippen LogP contribution in [0.1, 0.15) is 33.9 Å². The molecule has 0 saturated carbocycles. The van der Waals surface area contributed by atoms with Crippen molar-refractivity contribution < 1.29 is 14.0 Å². The number of pyridine rings is 1. The average molecular weight is 391 g/mol. The fourth-order valence-corrected chi connectivity index (χ4v) is 3.44. The van der Waals surface area contributed by atoms with E-state index in [9.17, 15) is 14.0 Å². The topological polar surface area (TPSA) is 76.3 Å². The number of hydrogen-bond donors (Lipinski definition) is 1. The molecule has 1 aliphatic carbocycles. The molecule has 1 unspecified atom stereocenters. The standard InChI is InChI=1S/C17H16FN3O2.C6H6/c18-14-5-1-4-13-12(14)6-7-15(13)21(10-16(19)22)17(23)11-3-2-8-20-9-11;1-2-4-6-5-3-1/h1-5,8-9,15H,6-7,10H2,(H2,19,22);1-6H. The van der Waals surface area contributed by atoms with E-state index in [0.717, 1.165) is 5.56 Å². The van der Waals surface area contributed by atoms with Crippen molar-refractivity contribution >= 4 is 11.8 Å². The maximum atomic E-state index is 13.9. The number of primary amides is 1. The number of carbonyl (C=O) groups excluding carboxylic acids is 2. The van der Waals surface area contributed by atoms with Gasteiger partial charge in [0, 0.05) is 12.4 Å². The third kappa shape index (κ3) is 5.04. The molecule has 0 radical (unpaired) electrons. The van der Waals surface area contributed by atoms with Crippen molar-refractivity contribution in [3.05, 3.63) is 102 Å². The molecule has 1 atom stereocenters. The maximum absolute atomic E-state index is 13.9. The third-order valence-electron chi connectivity index (χ3n) is 4.72. The fourth-order valence-electron chi connectivity index (χ4n) is 3.44. The van der Waals surface area contributed by atoms with Crippen molar-refractivity contribution in [2.45, 2.75) is 18.9 Å². The Morgan fingerprint density at radius 3 is 2.31 bits per heavy atom. The first-order valence-corrected chi connectivity index (χ1v) is 9.34. The maximum Gasteiger partial charge on any atom is 0.256 e. The van der Waals surface area contributed by atoms with Gasteiger partial charge in [-0.25, -0.2) is 4.39 Å². The highest BCUT2D eigenvalue weighted by molar-refractivity contribution is 5.96. The highest BCUT2D eigenvalue weighted by atomic mass is 19.1. The van der Waals surface area contributed by atoms with Crippen LogP contribution < -0.4 is 5.73 Å². The van der Waals surface area contributed by atoms with Crippen LogP contribution in [0.4, 0.5) is 4.39 Å². The lowest BCUT2D eigenvalue weighted by molar-refractivity contribution is -0.119. The van der Waals surface area contributed by atoms with Crippen molar-refractivity contribution in [1.29, 1.82) is 0 Å². The molecule has 6 heteroatoms. The summed E-state index contributed by atoms with van der Waals surface area (Å²) < 4.78 is 13.9. The molecule has 148 valence electrons. The molecule has 0 saturated heterocycles. The van der Waals surface area contributed by atoms with Gasteiger partial charge in [-0.05, 0) is 42.2 Å². The molecule has 1 aromatic heterocycles. The molecular formula is C23H22FN3O2. The van der Waals surface area contributed by atoms with E-state index in [2.05, 4.69) is 4.98 Å². The number of nitrogens with two attached hydrogens (primary N) is 1. The SMILES string of the molecule is NC(=O)CN(C(=O)c1cccnc1)C1CCc2c(F)cccc21.c1ccccc1. The van der Waals surface area contributed by atoms with E-state index in [4.69, 9.17) is 5.73 Å². The number of nitrogens with zero attached hydrogens (tertiary/aromatic N) is 2. The Morgan fingerprint density at radius 1 is 1.03 bits per heavy atom. The first kappa shape index (κ1) is 20.2. The third-order valence-corrected chi connectivity index (χ3v) is 4.72. The summed E-state index contributed by atoms with van der Waals surface area (Å²) in [6, 6.07) is 19.7. The van der Waals surface area contributed by atoms with Crippen LogP contribution in [0.25, 0.3) is 0 Å². The van der Waals surface area contributed by atoms with Crippen molar-refractivity contribution in [2.75, 3.05) is 6.54 Å². The zero-order valence-corrected chi connectivity index (χ0v) is 15.9. The fraction of sp³-hybridized carbons (Fsp3) is 0.174. The van der Waals surface area contributed by atoms with E-state index in [0.29, 0.717) is 24.0 Å². The van der Waals surface area contributed by atoms with E-state index >= 15 is 0 Å². The lowest BCUT2D eigenvalue weighted by Crippen LogP contribution is -2.40. The van der Waals surface area contributed by atoms with Gasteiger partial charge in [0.05, 0.1) is 11.6 Å². The summed E-state index contributed by atoms with van der Waals surface area (Å²) >= 11 is 0. The van der Waals surface area contributed by atoms with Gasteiger partial charge in [0.15, 0.2) is 0 Å². The van der Waals surface area contributed by atoms with E-state index in [1.54, 1.807) is 30.5 Å². The van der Waals surface area contributed by atoms with Crippen LogP contribution in [-0.2, 0) is 11.2 Å². The zero-order valence-electron chi connectivity index (χ0n) is 15.9. The Bertz CT molecular complexity index is 938. The first-order chi connectivity index (χ1) is 14.1. The number of aromatic nitrogens is 1. The van der Waals surface area contributed by atoms with Crippen LogP contribution in [0.5, 0.6) is 0 Å². The van der Waals surface area contributed by atoms with Gasteiger partial charge in [0.25, 0.3) is 5.91 Å². The summed E-state index contributed by atoms with van der Waals surface area (Å²) in [4.78, 5) is 29.5. The first-order valence-electron chi connectivity index (χ1n) is 9.34. The number of rotatable bonds is 4. The summed E-state index contributed by atoms with van der Waals surface area (Å²) in [5.41, 5.74) is 7.02. The lowest BCUT2D eigenvalue weighted by atomic mass is 10.1. The molecule has 2 amide bonds. The Balaban J connectivity index is 0.000000343. The normalized spacial score (nSPS) is 14.3. The second kappa shape index (κ2) is 9.59. The molecule has 0 bridgehead atoms. The van der Waals surface area contributed by atoms with Gasteiger partial charge in [-0.1, -0.05) is 48.5 Å². The second-order valence-corrected chi connectivity index (χ2v) is 6.66. The predicted octanol–water partition coefficient (Wildman–Crippen LogP) is 3.52. The number of fused-ring (bicyclic) bond motifs is 1. The number of amides is 2. The number of halogens is 1. The molecule has 1 heterocycles. The second-order valence-electron chi connectivity index (χ2n) is 6.66. The molecule has 2 aromatic carbocycles. The van der Waals surface area contributed by atoms with Crippen molar-refractivity contribution in [1.82, 2.24) is 9.88 Å². The van der Waals surface area contributed by atoms with Crippen molar-refractivity contribution in [2.24, 2.45) is 5.73 Å². The summed E-state index contributed by atoms with van der Waals surface area (Å²) in [7, 11) is 0. The summed E-state index contributed by atoms with van der Waals surface area (Å²) in [6.45, 7) is -0.214.